The number of nitrogens with zero attached hydrogens (tertiary/aromatic N) is 3. The minimum Gasteiger partial charge on any atom is -0.342 e. The van der Waals surface area contributed by atoms with E-state index >= 15 is 0 Å². The van der Waals surface area contributed by atoms with Crippen LogP contribution in [0.1, 0.15) is 38.0 Å². The smallest absolute Gasteiger partial charge is 0.242 e. The van der Waals surface area contributed by atoms with E-state index < -0.39 is 21.3 Å². The largest absolute Gasteiger partial charge is 0.342 e. The number of carbonyl (C=O) groups excluding carboxylic acids is 1. The molecular weight excluding hydrogens is 354 g/mol. The lowest BCUT2D eigenvalue weighted by Crippen LogP contribution is -2.41. The maximum Gasteiger partial charge on any atom is 0.242 e. The van der Waals surface area contributed by atoms with Crippen LogP contribution in [0.25, 0.3) is 11.4 Å². The first kappa shape index (κ1) is 18.6. The van der Waals surface area contributed by atoms with Gasteiger partial charge in [-0.2, -0.15) is 4.98 Å². The van der Waals surface area contributed by atoms with Gasteiger partial charge in [-0.1, -0.05) is 54.8 Å². The molecule has 0 N–H and O–H groups in total. The zero-order valence-electron chi connectivity index (χ0n) is 14.8. The summed E-state index contributed by atoms with van der Waals surface area (Å²) in [5.41, 5.74) is 0.744. The number of amides is 1. The van der Waals surface area contributed by atoms with E-state index in [0.29, 0.717) is 5.82 Å². The van der Waals surface area contributed by atoms with E-state index in [-0.39, 0.29) is 17.8 Å². The summed E-state index contributed by atoms with van der Waals surface area (Å²) in [4.78, 5) is 18.1. The Morgan fingerprint density at radius 2 is 1.88 bits per heavy atom. The van der Waals surface area contributed by atoms with E-state index in [1.165, 1.54) is 6.42 Å². The maximum absolute atomic E-state index is 12.4. The van der Waals surface area contributed by atoms with Crippen LogP contribution in [0.2, 0.25) is 0 Å². The number of sulfone groups is 1. The molecule has 8 heteroatoms. The quantitative estimate of drug-likeness (QED) is 0.767. The van der Waals surface area contributed by atoms with Crippen LogP contribution < -0.4 is 0 Å². The maximum atomic E-state index is 12.4. The molecule has 1 aromatic carbocycles. The molecule has 2 aromatic rings. The third kappa shape index (κ3) is 4.69. The third-order valence-corrected chi connectivity index (χ3v) is 6.08. The van der Waals surface area contributed by atoms with E-state index in [9.17, 15) is 13.2 Å². The van der Waals surface area contributed by atoms with Crippen molar-refractivity contribution in [3.05, 3.63) is 36.2 Å². The third-order valence-electron chi connectivity index (χ3n) is 4.70. The van der Waals surface area contributed by atoms with E-state index in [1.807, 2.05) is 30.3 Å². The summed E-state index contributed by atoms with van der Waals surface area (Å²) in [6, 6.07) is 9.30. The summed E-state index contributed by atoms with van der Waals surface area (Å²) in [6.07, 6.45) is 5.22. The van der Waals surface area contributed by atoms with Gasteiger partial charge in [-0.25, -0.2) is 8.42 Å². The summed E-state index contributed by atoms with van der Waals surface area (Å²) in [5.74, 6) is -1.02. The molecular formula is C18H23N3O4S. The second-order valence-electron chi connectivity index (χ2n) is 6.71. The summed E-state index contributed by atoms with van der Waals surface area (Å²) in [7, 11) is -1.99. The van der Waals surface area contributed by atoms with Crippen LogP contribution in [-0.2, 0) is 20.4 Å². The average Bonchev–Trinajstić information content (AvgIpc) is 3.09. The van der Waals surface area contributed by atoms with Gasteiger partial charge in [0, 0.05) is 18.7 Å². The SMILES string of the molecule is CN(C(=O)CS(=O)(=O)Cc1nc(-c2ccccc2)no1)C1CCCCC1. The van der Waals surface area contributed by atoms with Crippen molar-refractivity contribution in [2.24, 2.45) is 0 Å². The zero-order valence-corrected chi connectivity index (χ0v) is 15.6. The highest BCUT2D eigenvalue weighted by Crippen LogP contribution is 2.22. The Morgan fingerprint density at radius 1 is 1.19 bits per heavy atom. The number of hydrogen-bond acceptors (Lipinski definition) is 6. The van der Waals surface area contributed by atoms with Crippen LogP contribution in [0.3, 0.4) is 0 Å². The minimum atomic E-state index is -3.67. The normalized spacial score (nSPS) is 15.7. The fourth-order valence-electron chi connectivity index (χ4n) is 3.22. The van der Waals surface area contributed by atoms with Crippen molar-refractivity contribution in [1.29, 1.82) is 0 Å². The van der Waals surface area contributed by atoms with Gasteiger partial charge in [0.15, 0.2) is 9.84 Å². The molecule has 1 aliphatic rings. The standard InChI is InChI=1S/C18H23N3O4S/c1-21(15-10-6-3-7-11-15)17(22)13-26(23,24)12-16-19-18(20-25-16)14-8-4-2-5-9-14/h2,4-5,8-9,15H,3,6-7,10-13H2,1H3. The Kier molecular flexibility index (Phi) is 5.70. The fourth-order valence-corrected chi connectivity index (χ4v) is 4.39. The Bertz CT molecular complexity index is 842. The first-order valence-electron chi connectivity index (χ1n) is 8.79. The van der Waals surface area contributed by atoms with Crippen molar-refractivity contribution in [1.82, 2.24) is 15.0 Å². The van der Waals surface area contributed by atoms with Gasteiger partial charge in [0.25, 0.3) is 0 Å². The molecule has 0 unspecified atom stereocenters. The predicted octanol–water partition coefficient (Wildman–Crippen LogP) is 2.44. The van der Waals surface area contributed by atoms with E-state index in [4.69, 9.17) is 4.52 Å². The average molecular weight is 377 g/mol. The summed E-state index contributed by atoms with van der Waals surface area (Å²) < 4.78 is 29.8. The molecule has 0 bridgehead atoms. The minimum absolute atomic E-state index is 0.00280. The van der Waals surface area contributed by atoms with Gasteiger partial charge in [0.2, 0.25) is 17.6 Å². The predicted molar refractivity (Wildman–Crippen MR) is 96.9 cm³/mol. The number of carbonyl (C=O) groups is 1. The molecule has 0 atom stereocenters. The van der Waals surface area contributed by atoms with Crippen LogP contribution >= 0.6 is 0 Å². The number of aromatic nitrogens is 2. The Morgan fingerprint density at radius 3 is 2.58 bits per heavy atom. The van der Waals surface area contributed by atoms with Crippen LogP contribution in [0.5, 0.6) is 0 Å². The van der Waals surface area contributed by atoms with Crippen molar-refractivity contribution < 1.29 is 17.7 Å². The highest BCUT2D eigenvalue weighted by molar-refractivity contribution is 7.91. The molecule has 1 saturated carbocycles. The van der Waals surface area contributed by atoms with Crippen molar-refractivity contribution >= 4 is 15.7 Å². The molecule has 1 aromatic heterocycles. The van der Waals surface area contributed by atoms with E-state index in [2.05, 4.69) is 10.1 Å². The molecule has 140 valence electrons. The highest BCUT2D eigenvalue weighted by atomic mass is 32.2. The Hall–Kier alpha value is -2.22. The molecule has 3 rings (SSSR count). The molecule has 0 saturated heterocycles. The Labute approximate surface area is 153 Å². The van der Waals surface area contributed by atoms with Crippen LogP contribution in [0, 0.1) is 0 Å². The first-order valence-corrected chi connectivity index (χ1v) is 10.6. The van der Waals surface area contributed by atoms with Gasteiger partial charge >= 0.3 is 0 Å². The highest BCUT2D eigenvalue weighted by Gasteiger charge is 2.27. The first-order chi connectivity index (χ1) is 12.4. The molecule has 1 amide bonds. The van der Waals surface area contributed by atoms with Crippen molar-refractivity contribution in [3.8, 4) is 11.4 Å². The van der Waals surface area contributed by atoms with Gasteiger partial charge in [0.05, 0.1) is 0 Å². The lowest BCUT2D eigenvalue weighted by molar-refractivity contribution is -0.129. The number of benzene rings is 1. The van der Waals surface area contributed by atoms with Gasteiger partial charge in [0.1, 0.15) is 11.5 Å². The van der Waals surface area contributed by atoms with Crippen LogP contribution in [-0.4, -0.2) is 48.2 Å². The van der Waals surface area contributed by atoms with Crippen molar-refractivity contribution in [2.75, 3.05) is 12.8 Å². The zero-order chi connectivity index (χ0) is 18.6. The van der Waals surface area contributed by atoms with Gasteiger partial charge < -0.3 is 9.42 Å². The van der Waals surface area contributed by atoms with E-state index in [1.54, 1.807) is 11.9 Å². The topological polar surface area (TPSA) is 93.4 Å². The summed E-state index contributed by atoms with van der Waals surface area (Å²) in [6.45, 7) is 0. The lowest BCUT2D eigenvalue weighted by atomic mass is 9.94. The second-order valence-corrected chi connectivity index (χ2v) is 8.77. The number of hydrogen-bond donors (Lipinski definition) is 0. The Balaban J connectivity index is 1.62. The van der Waals surface area contributed by atoms with Crippen LogP contribution in [0.4, 0.5) is 0 Å². The monoisotopic (exact) mass is 377 g/mol. The molecule has 7 nitrogen and oxygen atoms in total. The van der Waals surface area contributed by atoms with Crippen molar-refractivity contribution in [3.63, 3.8) is 0 Å². The second kappa shape index (κ2) is 7.99. The van der Waals surface area contributed by atoms with Gasteiger partial charge in [-0.05, 0) is 12.8 Å². The molecule has 0 radical (unpaired) electrons. The van der Waals surface area contributed by atoms with Gasteiger partial charge in [-0.3, -0.25) is 4.79 Å². The molecule has 26 heavy (non-hydrogen) atoms. The fraction of sp³-hybridized carbons (Fsp3) is 0.500. The van der Waals surface area contributed by atoms with Crippen molar-refractivity contribution in [2.45, 2.75) is 43.9 Å². The molecule has 1 aliphatic carbocycles. The molecule has 1 heterocycles. The molecule has 0 spiro atoms. The van der Waals surface area contributed by atoms with Crippen LogP contribution in [0.15, 0.2) is 34.9 Å². The lowest BCUT2D eigenvalue weighted by Gasteiger charge is -2.31. The summed E-state index contributed by atoms with van der Waals surface area (Å²) >= 11 is 0. The number of rotatable bonds is 6. The molecule has 0 aliphatic heterocycles. The molecule has 1 fully saturated rings. The van der Waals surface area contributed by atoms with Gasteiger partial charge in [-0.15, -0.1) is 0 Å². The summed E-state index contributed by atoms with van der Waals surface area (Å²) in [5, 5.41) is 3.81. The van der Waals surface area contributed by atoms with E-state index in [0.717, 1.165) is 31.2 Å².